The van der Waals surface area contributed by atoms with Gasteiger partial charge in [0, 0.05) is 0 Å². The summed E-state index contributed by atoms with van der Waals surface area (Å²) in [6.45, 7) is 18.1. The Labute approximate surface area is 143 Å². The average Bonchev–Trinajstić information content (AvgIpc) is 2.48. The van der Waals surface area contributed by atoms with Crippen molar-refractivity contribution in [1.29, 1.82) is 0 Å². The quantitative estimate of drug-likeness (QED) is 0.553. The summed E-state index contributed by atoms with van der Waals surface area (Å²) in [4.78, 5) is 0. The van der Waals surface area contributed by atoms with Crippen molar-refractivity contribution in [3.63, 3.8) is 0 Å². The maximum absolute atomic E-state index is 8.95. The molecule has 0 rings (SSSR count). The molecular weight excluding hydrogens is 292 g/mol. The first kappa shape index (κ1) is 22.8. The van der Waals surface area contributed by atoms with Gasteiger partial charge in [0.05, 0.1) is 43.7 Å². The number of aliphatic hydroxyl groups is 1. The molecule has 0 aromatic heterocycles. The highest BCUT2D eigenvalue weighted by Gasteiger charge is 2.31. The molecule has 4 heteroatoms. The minimum absolute atomic E-state index is 0.00369. The van der Waals surface area contributed by atoms with Gasteiger partial charge in [0.15, 0.2) is 0 Å². The normalized spacial score (nSPS) is 18.9. The van der Waals surface area contributed by atoms with Crippen LogP contribution in [0, 0.1) is 11.8 Å². The lowest BCUT2D eigenvalue weighted by Gasteiger charge is -2.37. The molecule has 1 N–H and O–H groups in total. The Balaban J connectivity index is 4.24. The number of ether oxygens (including phenoxy) is 3. The van der Waals surface area contributed by atoms with Crippen LogP contribution in [-0.2, 0) is 14.2 Å². The third-order valence-electron chi connectivity index (χ3n) is 4.40. The molecule has 0 bridgehead atoms. The Morgan fingerprint density at radius 2 is 1.35 bits per heavy atom. The van der Waals surface area contributed by atoms with E-state index in [0.717, 1.165) is 6.42 Å². The average molecular weight is 333 g/mol. The van der Waals surface area contributed by atoms with Crippen molar-refractivity contribution < 1.29 is 19.3 Å². The first-order chi connectivity index (χ1) is 10.6. The van der Waals surface area contributed by atoms with Crippen LogP contribution in [0.25, 0.3) is 0 Å². The molecule has 0 fully saturated rings. The molecule has 23 heavy (non-hydrogen) atoms. The van der Waals surface area contributed by atoms with E-state index in [4.69, 9.17) is 19.3 Å². The van der Waals surface area contributed by atoms with Gasteiger partial charge in [-0.25, -0.2) is 0 Å². The summed E-state index contributed by atoms with van der Waals surface area (Å²) in [6, 6.07) is 0. The van der Waals surface area contributed by atoms with Crippen LogP contribution in [0.1, 0.15) is 68.2 Å². The topological polar surface area (TPSA) is 47.9 Å². The molecule has 0 aliphatic rings. The maximum Gasteiger partial charge on any atom is 0.0788 e. The van der Waals surface area contributed by atoms with Crippen LogP contribution in [0.3, 0.4) is 0 Å². The molecule has 0 saturated carbocycles. The fraction of sp³-hybridized carbons (Fsp3) is 1.00. The van der Waals surface area contributed by atoms with Gasteiger partial charge >= 0.3 is 0 Å². The van der Waals surface area contributed by atoms with Crippen molar-refractivity contribution in [2.24, 2.45) is 11.8 Å². The first-order valence-electron chi connectivity index (χ1n) is 9.12. The Morgan fingerprint density at radius 1 is 0.826 bits per heavy atom. The first-order valence-corrected chi connectivity index (χ1v) is 9.12. The smallest absolute Gasteiger partial charge is 0.0788 e. The number of rotatable bonds is 13. The Hall–Kier alpha value is -0.160. The molecule has 0 aromatic carbocycles. The molecule has 4 atom stereocenters. The van der Waals surface area contributed by atoms with Crippen LogP contribution >= 0.6 is 0 Å². The molecule has 4 nitrogen and oxygen atoms in total. The zero-order valence-electron chi connectivity index (χ0n) is 16.6. The van der Waals surface area contributed by atoms with Crippen molar-refractivity contribution in [2.45, 2.75) is 92.1 Å². The molecule has 0 spiro atoms. The van der Waals surface area contributed by atoms with E-state index in [1.807, 2.05) is 13.8 Å². The Kier molecular flexibility index (Phi) is 11.3. The highest BCUT2D eigenvalue weighted by molar-refractivity contribution is 4.81. The van der Waals surface area contributed by atoms with E-state index >= 15 is 0 Å². The summed E-state index contributed by atoms with van der Waals surface area (Å²) in [5.41, 5.74) is -0.113. The van der Waals surface area contributed by atoms with Gasteiger partial charge in [-0.05, 0) is 52.4 Å². The second kappa shape index (κ2) is 11.4. The lowest BCUT2D eigenvalue weighted by atomic mass is 9.85. The molecule has 4 unspecified atom stereocenters. The van der Waals surface area contributed by atoms with Gasteiger partial charge in [-0.15, -0.1) is 0 Å². The zero-order valence-corrected chi connectivity index (χ0v) is 16.6. The Morgan fingerprint density at radius 3 is 1.83 bits per heavy atom. The molecule has 0 aliphatic carbocycles. The van der Waals surface area contributed by atoms with Crippen LogP contribution in [-0.4, -0.2) is 48.8 Å². The molecule has 0 amide bonds. The SMILES string of the molecule is CC(C)CCC(C)(OC(C)COC(C)COC(C)CO)C(C)C. The third kappa shape index (κ3) is 10.3. The van der Waals surface area contributed by atoms with Gasteiger partial charge < -0.3 is 19.3 Å². The van der Waals surface area contributed by atoms with Crippen LogP contribution in [0.5, 0.6) is 0 Å². The van der Waals surface area contributed by atoms with Gasteiger partial charge in [-0.3, -0.25) is 0 Å². The van der Waals surface area contributed by atoms with Crippen LogP contribution in [0.15, 0.2) is 0 Å². The van der Waals surface area contributed by atoms with Crippen molar-refractivity contribution in [3.05, 3.63) is 0 Å². The van der Waals surface area contributed by atoms with Gasteiger partial charge in [-0.1, -0.05) is 27.7 Å². The van der Waals surface area contributed by atoms with Crippen molar-refractivity contribution in [3.8, 4) is 0 Å². The van der Waals surface area contributed by atoms with Crippen molar-refractivity contribution in [2.75, 3.05) is 19.8 Å². The Bertz CT molecular complexity index is 293. The third-order valence-corrected chi connectivity index (χ3v) is 4.40. The van der Waals surface area contributed by atoms with Crippen molar-refractivity contribution >= 4 is 0 Å². The second-order valence-corrected chi connectivity index (χ2v) is 7.80. The number of aliphatic hydroxyl groups excluding tert-OH is 1. The van der Waals surface area contributed by atoms with Crippen LogP contribution in [0.4, 0.5) is 0 Å². The molecular formula is C19H40O4. The summed E-state index contributed by atoms with van der Waals surface area (Å²) in [5.74, 6) is 1.16. The van der Waals surface area contributed by atoms with Gasteiger partial charge in [0.25, 0.3) is 0 Å². The van der Waals surface area contributed by atoms with Gasteiger partial charge in [-0.2, -0.15) is 0 Å². The largest absolute Gasteiger partial charge is 0.394 e. The molecule has 0 heterocycles. The molecule has 0 aromatic rings. The molecule has 0 aliphatic heterocycles. The lowest BCUT2D eigenvalue weighted by molar-refractivity contribution is -0.142. The highest BCUT2D eigenvalue weighted by atomic mass is 16.6. The molecule has 0 radical (unpaired) electrons. The summed E-state index contributed by atoms with van der Waals surface area (Å²) < 4.78 is 17.6. The molecule has 140 valence electrons. The van der Waals surface area contributed by atoms with E-state index in [1.165, 1.54) is 6.42 Å². The van der Waals surface area contributed by atoms with Crippen molar-refractivity contribution in [1.82, 2.24) is 0 Å². The van der Waals surface area contributed by atoms with Crippen LogP contribution in [0.2, 0.25) is 0 Å². The zero-order chi connectivity index (χ0) is 18.0. The predicted molar refractivity (Wildman–Crippen MR) is 95.8 cm³/mol. The van der Waals surface area contributed by atoms with E-state index < -0.39 is 0 Å². The van der Waals surface area contributed by atoms with Gasteiger partial charge in [0.2, 0.25) is 0 Å². The lowest BCUT2D eigenvalue weighted by Crippen LogP contribution is -2.40. The summed E-state index contributed by atoms with van der Waals surface area (Å²) >= 11 is 0. The predicted octanol–water partition coefficient (Wildman–Crippen LogP) is 4.04. The molecule has 0 saturated heterocycles. The summed E-state index contributed by atoms with van der Waals surface area (Å²) in [6.07, 6.45) is 2.14. The van der Waals surface area contributed by atoms with E-state index in [2.05, 4.69) is 41.5 Å². The van der Waals surface area contributed by atoms with E-state index in [-0.39, 0.29) is 30.5 Å². The highest BCUT2D eigenvalue weighted by Crippen LogP contribution is 2.30. The number of hydrogen-bond donors (Lipinski definition) is 1. The maximum atomic E-state index is 8.95. The van der Waals surface area contributed by atoms with E-state index in [9.17, 15) is 0 Å². The second-order valence-electron chi connectivity index (χ2n) is 7.80. The monoisotopic (exact) mass is 332 g/mol. The summed E-state index contributed by atoms with van der Waals surface area (Å²) in [5, 5.41) is 8.95. The van der Waals surface area contributed by atoms with Gasteiger partial charge in [0.1, 0.15) is 0 Å². The fourth-order valence-electron chi connectivity index (χ4n) is 2.25. The number of hydrogen-bond acceptors (Lipinski definition) is 4. The fourth-order valence-corrected chi connectivity index (χ4v) is 2.25. The minimum Gasteiger partial charge on any atom is -0.394 e. The van der Waals surface area contributed by atoms with E-state index in [1.54, 1.807) is 0 Å². The van der Waals surface area contributed by atoms with E-state index in [0.29, 0.717) is 25.0 Å². The van der Waals surface area contributed by atoms with Crippen LogP contribution < -0.4 is 0 Å². The standard InChI is InChI=1S/C19H40O4/c1-14(2)9-10-19(8,15(3)4)23-18(7)13-22-17(6)12-21-16(5)11-20/h14-18,20H,9-13H2,1-8H3. The summed E-state index contributed by atoms with van der Waals surface area (Å²) in [7, 11) is 0. The minimum atomic E-state index is -0.144.